The molecule has 27 heavy (non-hydrogen) atoms. The number of allylic oxidation sites excluding steroid dienone is 7. The lowest BCUT2D eigenvalue weighted by Crippen LogP contribution is -2.14. The molecular formula is C23H36O4. The third kappa shape index (κ3) is 17.3. The molecule has 0 aliphatic rings. The van der Waals surface area contributed by atoms with Crippen molar-refractivity contribution in [3.05, 3.63) is 60.8 Å². The first kappa shape index (κ1) is 25.1. The summed E-state index contributed by atoms with van der Waals surface area (Å²) in [4.78, 5) is 10.4. The van der Waals surface area contributed by atoms with Crippen molar-refractivity contribution in [2.75, 3.05) is 0 Å². The van der Waals surface area contributed by atoms with Crippen LogP contribution in [0.15, 0.2) is 60.8 Å². The summed E-state index contributed by atoms with van der Waals surface area (Å²) in [5.74, 6) is -0.538. The first-order valence-electron chi connectivity index (χ1n) is 9.88. The zero-order chi connectivity index (χ0) is 20.3. The van der Waals surface area contributed by atoms with Crippen molar-refractivity contribution in [3.8, 4) is 0 Å². The van der Waals surface area contributed by atoms with Crippen molar-refractivity contribution in [3.63, 3.8) is 0 Å². The number of aliphatic carboxylic acids is 1. The van der Waals surface area contributed by atoms with Crippen molar-refractivity contribution < 1.29 is 20.1 Å². The van der Waals surface area contributed by atoms with Gasteiger partial charge in [0.15, 0.2) is 0 Å². The quantitative estimate of drug-likeness (QED) is 0.214. The smallest absolute Gasteiger partial charge is 0.303 e. The molecule has 0 saturated carbocycles. The number of carboxylic acid groups (broad SMARTS) is 1. The lowest BCUT2D eigenvalue weighted by molar-refractivity contribution is -0.136. The van der Waals surface area contributed by atoms with E-state index in [1.165, 1.54) is 12.8 Å². The number of aliphatic hydroxyl groups excluding tert-OH is 2. The van der Waals surface area contributed by atoms with Gasteiger partial charge in [0, 0.05) is 6.42 Å². The molecule has 4 nitrogen and oxygen atoms in total. The number of aliphatic hydroxyl groups is 2. The van der Waals surface area contributed by atoms with Gasteiger partial charge in [-0.3, -0.25) is 4.79 Å². The van der Waals surface area contributed by atoms with Crippen LogP contribution in [0.3, 0.4) is 0 Å². The molecule has 0 heterocycles. The minimum Gasteiger partial charge on any atom is -0.481 e. The van der Waals surface area contributed by atoms with Crippen LogP contribution in [0.25, 0.3) is 0 Å². The van der Waals surface area contributed by atoms with Crippen molar-refractivity contribution in [2.45, 2.75) is 71.0 Å². The summed E-state index contributed by atoms with van der Waals surface area (Å²) in [5, 5.41) is 28.3. The highest BCUT2D eigenvalue weighted by atomic mass is 16.4. The monoisotopic (exact) mass is 376 g/mol. The van der Waals surface area contributed by atoms with Crippen LogP contribution in [0.5, 0.6) is 0 Å². The van der Waals surface area contributed by atoms with Gasteiger partial charge in [0.1, 0.15) is 0 Å². The largest absolute Gasteiger partial charge is 0.481 e. The first-order valence-corrected chi connectivity index (χ1v) is 9.88. The molecule has 0 aliphatic heterocycles. The van der Waals surface area contributed by atoms with Gasteiger partial charge in [-0.1, -0.05) is 93.9 Å². The van der Waals surface area contributed by atoms with E-state index in [0.29, 0.717) is 12.8 Å². The maximum atomic E-state index is 10.4. The van der Waals surface area contributed by atoms with Gasteiger partial charge in [-0.15, -0.1) is 0 Å². The van der Waals surface area contributed by atoms with Crippen LogP contribution in [0.2, 0.25) is 0 Å². The predicted octanol–water partition coefficient (Wildman–Crippen LogP) is 4.96. The molecule has 0 aromatic rings. The lowest BCUT2D eigenvalue weighted by atomic mass is 9.97. The Bertz CT molecular complexity index is 514. The van der Waals surface area contributed by atoms with Crippen molar-refractivity contribution in [1.82, 2.24) is 0 Å². The van der Waals surface area contributed by atoms with E-state index in [4.69, 9.17) is 5.11 Å². The number of carbonyl (C=O) groups is 1. The van der Waals surface area contributed by atoms with Gasteiger partial charge >= 0.3 is 5.97 Å². The Morgan fingerprint density at radius 1 is 0.926 bits per heavy atom. The first-order chi connectivity index (χ1) is 13.0. The summed E-state index contributed by atoms with van der Waals surface area (Å²) in [6.07, 6.45) is 22.8. The molecule has 3 N–H and O–H groups in total. The molecule has 0 amide bonds. The zero-order valence-electron chi connectivity index (χ0n) is 16.7. The lowest BCUT2D eigenvalue weighted by Gasteiger charge is -2.14. The fourth-order valence-corrected chi connectivity index (χ4v) is 2.34. The Kier molecular flexibility index (Phi) is 16.3. The summed E-state index contributed by atoms with van der Waals surface area (Å²) in [7, 11) is 0. The van der Waals surface area contributed by atoms with Crippen molar-refractivity contribution in [1.29, 1.82) is 0 Å². The fraction of sp³-hybridized carbons (Fsp3) is 0.522. The number of hydrogen-bond donors (Lipinski definition) is 3. The van der Waals surface area contributed by atoms with Gasteiger partial charge < -0.3 is 15.3 Å². The number of carboxylic acids is 1. The number of rotatable bonds is 15. The molecular weight excluding hydrogens is 340 g/mol. The summed E-state index contributed by atoms with van der Waals surface area (Å²) >= 11 is 0. The van der Waals surface area contributed by atoms with E-state index in [2.05, 4.69) is 13.8 Å². The van der Waals surface area contributed by atoms with Crippen molar-refractivity contribution in [2.24, 2.45) is 5.92 Å². The second-order valence-corrected chi connectivity index (χ2v) is 6.71. The number of unbranched alkanes of at least 4 members (excludes halogenated alkanes) is 2. The molecule has 4 heteroatoms. The highest BCUT2D eigenvalue weighted by Crippen LogP contribution is 2.14. The minimum atomic E-state index is -0.816. The van der Waals surface area contributed by atoms with Crippen LogP contribution in [-0.4, -0.2) is 33.5 Å². The van der Waals surface area contributed by atoms with E-state index in [-0.39, 0.29) is 12.3 Å². The second kappa shape index (κ2) is 17.5. The van der Waals surface area contributed by atoms with Crippen LogP contribution < -0.4 is 0 Å². The minimum absolute atomic E-state index is 0.112. The normalized spacial score (nSPS) is 16.3. The Morgan fingerprint density at radius 3 is 2.19 bits per heavy atom. The fourth-order valence-electron chi connectivity index (χ4n) is 2.34. The molecule has 3 atom stereocenters. The molecule has 0 spiro atoms. The average Bonchev–Trinajstić information content (AvgIpc) is 2.63. The summed E-state index contributed by atoms with van der Waals surface area (Å²) in [5.41, 5.74) is 0. The standard InChI is InChI=1S/C23H36O4/c1-3-4-10-15-20(2)22(25)18-13-8-6-5-7-11-16-21(24)17-12-9-14-19-23(26)27/h5-9,11-13,16,18,20-22,24-25H,3-4,10,14-15,17,19H2,1-2H3,(H,26,27)/b7-5-,8-6-,12-9-,16-11+,18-13+. The maximum Gasteiger partial charge on any atom is 0.303 e. The highest BCUT2D eigenvalue weighted by molar-refractivity contribution is 5.66. The predicted molar refractivity (Wildman–Crippen MR) is 113 cm³/mol. The number of hydrogen-bond acceptors (Lipinski definition) is 3. The van der Waals surface area contributed by atoms with E-state index >= 15 is 0 Å². The van der Waals surface area contributed by atoms with Crippen LogP contribution in [0.1, 0.15) is 58.8 Å². The SMILES string of the molecule is CCCCCC(C)C(O)/C=C/C=C\C=C/C=C/C(O)C/C=C\CCC(=O)O. The van der Waals surface area contributed by atoms with Gasteiger partial charge in [-0.25, -0.2) is 0 Å². The van der Waals surface area contributed by atoms with Crippen LogP contribution in [-0.2, 0) is 4.79 Å². The summed E-state index contributed by atoms with van der Waals surface area (Å²) < 4.78 is 0. The molecule has 0 rings (SSSR count). The Morgan fingerprint density at radius 2 is 1.56 bits per heavy atom. The van der Waals surface area contributed by atoms with Crippen LogP contribution >= 0.6 is 0 Å². The molecule has 0 fully saturated rings. The molecule has 0 aliphatic carbocycles. The molecule has 152 valence electrons. The molecule has 0 aromatic carbocycles. The third-order valence-corrected chi connectivity index (χ3v) is 4.11. The van der Waals surface area contributed by atoms with Gasteiger partial charge in [0.05, 0.1) is 12.2 Å². The summed E-state index contributed by atoms with van der Waals surface area (Å²) in [6, 6.07) is 0. The van der Waals surface area contributed by atoms with E-state index in [9.17, 15) is 15.0 Å². The van der Waals surface area contributed by atoms with Gasteiger partial charge in [-0.05, 0) is 25.2 Å². The molecule has 0 bridgehead atoms. The summed E-state index contributed by atoms with van der Waals surface area (Å²) in [6.45, 7) is 4.25. The third-order valence-electron chi connectivity index (χ3n) is 4.11. The maximum absolute atomic E-state index is 10.4. The second-order valence-electron chi connectivity index (χ2n) is 6.71. The van der Waals surface area contributed by atoms with E-state index in [0.717, 1.165) is 12.8 Å². The zero-order valence-corrected chi connectivity index (χ0v) is 16.7. The van der Waals surface area contributed by atoms with E-state index < -0.39 is 18.2 Å². The Labute approximate surface area is 164 Å². The Balaban J connectivity index is 3.98. The molecule has 3 unspecified atom stereocenters. The average molecular weight is 377 g/mol. The molecule has 0 aromatic heterocycles. The topological polar surface area (TPSA) is 77.8 Å². The van der Waals surface area contributed by atoms with E-state index in [1.54, 1.807) is 24.3 Å². The molecule has 0 saturated heterocycles. The van der Waals surface area contributed by atoms with E-state index in [1.807, 2.05) is 36.5 Å². The van der Waals surface area contributed by atoms with Gasteiger partial charge in [-0.2, -0.15) is 0 Å². The van der Waals surface area contributed by atoms with Gasteiger partial charge in [0.2, 0.25) is 0 Å². The van der Waals surface area contributed by atoms with Gasteiger partial charge in [0.25, 0.3) is 0 Å². The van der Waals surface area contributed by atoms with Crippen LogP contribution in [0, 0.1) is 5.92 Å². The highest BCUT2D eigenvalue weighted by Gasteiger charge is 2.09. The Hall–Kier alpha value is -1.91. The van der Waals surface area contributed by atoms with Crippen molar-refractivity contribution >= 4 is 5.97 Å². The molecule has 0 radical (unpaired) electrons. The van der Waals surface area contributed by atoms with Crippen LogP contribution in [0.4, 0.5) is 0 Å².